The summed E-state index contributed by atoms with van der Waals surface area (Å²) in [5, 5.41) is 8.50. The Bertz CT molecular complexity index is 601. The summed E-state index contributed by atoms with van der Waals surface area (Å²) in [6.45, 7) is 2.21. The van der Waals surface area contributed by atoms with Crippen LogP contribution in [0.2, 0.25) is 0 Å². The molecule has 0 heterocycles. The van der Waals surface area contributed by atoms with Crippen molar-refractivity contribution in [1.82, 2.24) is 4.72 Å². The summed E-state index contributed by atoms with van der Waals surface area (Å²) < 4.78 is 26.3. The molecular formula is C14H17NO4S. The highest BCUT2D eigenvalue weighted by Gasteiger charge is 2.12. The number of allylic oxidation sites excluding steroid dienone is 1. The predicted molar refractivity (Wildman–Crippen MR) is 77.7 cm³/mol. The molecule has 1 rings (SSSR count). The van der Waals surface area contributed by atoms with Gasteiger partial charge in [-0.3, -0.25) is 0 Å². The normalized spacial score (nSPS) is 12.2. The van der Waals surface area contributed by atoms with Crippen LogP contribution in [-0.2, 0) is 14.8 Å². The zero-order chi connectivity index (χ0) is 15.0. The molecule has 6 heteroatoms. The van der Waals surface area contributed by atoms with Crippen molar-refractivity contribution in [1.29, 1.82) is 0 Å². The number of aliphatic carboxylic acids is 1. The van der Waals surface area contributed by atoms with E-state index >= 15 is 0 Å². The molecule has 0 aliphatic carbocycles. The minimum atomic E-state index is -3.51. The van der Waals surface area contributed by atoms with Crippen molar-refractivity contribution in [2.75, 3.05) is 6.54 Å². The van der Waals surface area contributed by atoms with Crippen molar-refractivity contribution in [2.45, 2.75) is 18.2 Å². The van der Waals surface area contributed by atoms with Gasteiger partial charge in [-0.15, -0.1) is 0 Å². The fourth-order valence-electron chi connectivity index (χ4n) is 1.45. The molecule has 1 aromatic carbocycles. The van der Waals surface area contributed by atoms with Gasteiger partial charge in [0.05, 0.1) is 4.90 Å². The standard InChI is InChI=1S/C14H17NO4S/c1-2-3-4-11-15-20(18,19)13-8-5-12(6-9-13)7-10-14(16)17/h2-3,5-10,15H,4,11H2,1H3,(H,16,17)/b3-2+,10-7+. The third-order valence-electron chi connectivity index (χ3n) is 2.45. The van der Waals surface area contributed by atoms with Crippen LogP contribution >= 0.6 is 0 Å². The number of rotatable bonds is 7. The SMILES string of the molecule is C/C=C/CCNS(=O)(=O)c1ccc(/C=C/C(=O)O)cc1. The minimum absolute atomic E-state index is 0.158. The molecule has 0 saturated carbocycles. The molecule has 0 aliphatic heterocycles. The molecule has 0 atom stereocenters. The van der Waals surface area contributed by atoms with E-state index in [2.05, 4.69) is 4.72 Å². The van der Waals surface area contributed by atoms with Crippen LogP contribution in [0.25, 0.3) is 6.08 Å². The van der Waals surface area contributed by atoms with Gasteiger partial charge in [-0.1, -0.05) is 24.3 Å². The van der Waals surface area contributed by atoms with Gasteiger partial charge in [-0.2, -0.15) is 0 Å². The number of benzene rings is 1. The lowest BCUT2D eigenvalue weighted by molar-refractivity contribution is -0.131. The van der Waals surface area contributed by atoms with Crippen LogP contribution in [0.5, 0.6) is 0 Å². The molecule has 0 bridgehead atoms. The maximum atomic E-state index is 11.9. The van der Waals surface area contributed by atoms with Gasteiger partial charge in [-0.25, -0.2) is 17.9 Å². The van der Waals surface area contributed by atoms with Crippen LogP contribution in [0.3, 0.4) is 0 Å². The Balaban J connectivity index is 2.74. The predicted octanol–water partition coefficient (Wildman–Crippen LogP) is 2.03. The molecule has 0 radical (unpaired) electrons. The van der Waals surface area contributed by atoms with E-state index in [0.717, 1.165) is 6.08 Å². The van der Waals surface area contributed by atoms with Crippen molar-refractivity contribution in [3.05, 3.63) is 48.1 Å². The van der Waals surface area contributed by atoms with Gasteiger partial charge >= 0.3 is 5.97 Å². The molecule has 0 fully saturated rings. The number of carboxylic acid groups (broad SMARTS) is 1. The van der Waals surface area contributed by atoms with E-state index in [-0.39, 0.29) is 4.90 Å². The zero-order valence-electron chi connectivity index (χ0n) is 11.1. The molecule has 0 amide bonds. The monoisotopic (exact) mass is 295 g/mol. The fraction of sp³-hybridized carbons (Fsp3) is 0.214. The third kappa shape index (κ3) is 5.38. The minimum Gasteiger partial charge on any atom is -0.478 e. The Morgan fingerprint density at radius 3 is 2.50 bits per heavy atom. The molecule has 0 saturated heterocycles. The molecular weight excluding hydrogens is 278 g/mol. The van der Waals surface area contributed by atoms with Gasteiger partial charge < -0.3 is 5.11 Å². The van der Waals surface area contributed by atoms with E-state index < -0.39 is 16.0 Å². The van der Waals surface area contributed by atoms with E-state index in [0.29, 0.717) is 18.5 Å². The summed E-state index contributed by atoms with van der Waals surface area (Å²) in [6.07, 6.45) is 6.77. The smallest absolute Gasteiger partial charge is 0.328 e. The van der Waals surface area contributed by atoms with Crippen LogP contribution in [0.4, 0.5) is 0 Å². The number of carboxylic acids is 1. The molecule has 20 heavy (non-hydrogen) atoms. The highest BCUT2D eigenvalue weighted by Crippen LogP contribution is 2.11. The molecule has 0 aromatic heterocycles. The van der Waals surface area contributed by atoms with Gasteiger partial charge in [0.2, 0.25) is 10.0 Å². The molecule has 1 aromatic rings. The lowest BCUT2D eigenvalue weighted by atomic mass is 10.2. The molecule has 5 nitrogen and oxygen atoms in total. The summed E-state index contributed by atoms with van der Waals surface area (Å²) in [5.74, 6) is -1.05. The van der Waals surface area contributed by atoms with Crippen molar-refractivity contribution in [2.24, 2.45) is 0 Å². The van der Waals surface area contributed by atoms with Gasteiger partial charge in [0, 0.05) is 12.6 Å². The van der Waals surface area contributed by atoms with E-state index in [1.54, 1.807) is 12.1 Å². The zero-order valence-corrected chi connectivity index (χ0v) is 11.9. The summed E-state index contributed by atoms with van der Waals surface area (Å²) >= 11 is 0. The number of hydrogen-bond donors (Lipinski definition) is 2. The second kappa shape index (κ2) is 7.62. The molecule has 0 spiro atoms. The first-order valence-corrected chi connectivity index (χ1v) is 7.56. The Morgan fingerprint density at radius 1 is 1.30 bits per heavy atom. The Morgan fingerprint density at radius 2 is 1.95 bits per heavy atom. The first-order valence-electron chi connectivity index (χ1n) is 6.07. The third-order valence-corrected chi connectivity index (χ3v) is 3.92. The molecule has 2 N–H and O–H groups in total. The maximum absolute atomic E-state index is 11.9. The first-order chi connectivity index (χ1) is 9.45. The van der Waals surface area contributed by atoms with E-state index in [1.807, 2.05) is 19.1 Å². The average molecular weight is 295 g/mol. The van der Waals surface area contributed by atoms with Crippen molar-refractivity contribution in [3.63, 3.8) is 0 Å². The van der Waals surface area contributed by atoms with Crippen LogP contribution in [0, 0.1) is 0 Å². The number of hydrogen-bond acceptors (Lipinski definition) is 3. The van der Waals surface area contributed by atoms with E-state index in [4.69, 9.17) is 5.11 Å². The number of carbonyl (C=O) groups is 1. The summed E-state index contributed by atoms with van der Waals surface area (Å²) in [4.78, 5) is 10.5. The second-order valence-electron chi connectivity index (χ2n) is 4.00. The Hall–Kier alpha value is -1.92. The van der Waals surface area contributed by atoms with Crippen LogP contribution in [0.1, 0.15) is 18.9 Å². The van der Waals surface area contributed by atoms with Crippen LogP contribution < -0.4 is 4.72 Å². The molecule has 0 aliphatic rings. The highest BCUT2D eigenvalue weighted by molar-refractivity contribution is 7.89. The molecule has 108 valence electrons. The Labute approximate surface area is 118 Å². The fourth-order valence-corrected chi connectivity index (χ4v) is 2.50. The average Bonchev–Trinajstić information content (AvgIpc) is 2.42. The summed E-state index contributed by atoms with van der Waals surface area (Å²) in [6, 6.07) is 6.00. The van der Waals surface area contributed by atoms with E-state index in [9.17, 15) is 13.2 Å². The van der Waals surface area contributed by atoms with Crippen molar-refractivity contribution >= 4 is 22.1 Å². The first kappa shape index (κ1) is 16.1. The second-order valence-corrected chi connectivity index (χ2v) is 5.76. The topological polar surface area (TPSA) is 83.5 Å². The Kier molecular flexibility index (Phi) is 6.14. The lowest BCUT2D eigenvalue weighted by Gasteiger charge is -2.05. The van der Waals surface area contributed by atoms with Gasteiger partial charge in [-0.05, 0) is 37.1 Å². The number of sulfonamides is 1. The highest BCUT2D eigenvalue weighted by atomic mass is 32.2. The van der Waals surface area contributed by atoms with Gasteiger partial charge in [0.1, 0.15) is 0 Å². The summed E-state index contributed by atoms with van der Waals surface area (Å²) in [7, 11) is -3.51. The molecule has 0 unspecified atom stereocenters. The number of nitrogens with one attached hydrogen (secondary N) is 1. The van der Waals surface area contributed by atoms with Crippen LogP contribution in [-0.4, -0.2) is 26.0 Å². The van der Waals surface area contributed by atoms with Crippen molar-refractivity contribution < 1.29 is 18.3 Å². The quantitative estimate of drug-likeness (QED) is 0.458. The van der Waals surface area contributed by atoms with Gasteiger partial charge in [0.25, 0.3) is 0 Å². The largest absolute Gasteiger partial charge is 0.478 e. The van der Waals surface area contributed by atoms with E-state index in [1.165, 1.54) is 18.2 Å². The lowest BCUT2D eigenvalue weighted by Crippen LogP contribution is -2.24. The maximum Gasteiger partial charge on any atom is 0.328 e. The van der Waals surface area contributed by atoms with Gasteiger partial charge in [0.15, 0.2) is 0 Å². The van der Waals surface area contributed by atoms with Crippen LogP contribution in [0.15, 0.2) is 47.4 Å². The van der Waals surface area contributed by atoms with Crippen molar-refractivity contribution in [3.8, 4) is 0 Å². The summed E-state index contributed by atoms with van der Waals surface area (Å²) in [5.41, 5.74) is 0.625.